The number of hydrogen-bond acceptors (Lipinski definition) is 8. The number of carbonyl (C=O) groups excluding carboxylic acids is 2. The first kappa shape index (κ1) is 42.3. The lowest BCUT2D eigenvalue weighted by molar-refractivity contribution is 0.103. The van der Waals surface area contributed by atoms with Crippen LogP contribution in [0.5, 0.6) is 23.0 Å². The molecule has 0 amide bonds. The number of thioether (sulfide) groups is 2. The van der Waals surface area contributed by atoms with E-state index in [4.69, 9.17) is 18.9 Å². The zero-order valence-electron chi connectivity index (χ0n) is 31.7. The van der Waals surface area contributed by atoms with Crippen molar-refractivity contribution in [1.29, 1.82) is 0 Å². The molecule has 8 heteroatoms. The molecule has 0 fully saturated rings. The summed E-state index contributed by atoms with van der Waals surface area (Å²) in [6, 6.07) is 29.9. The highest BCUT2D eigenvalue weighted by molar-refractivity contribution is 7.99. The van der Waals surface area contributed by atoms with E-state index in [-0.39, 0.29) is 11.6 Å². The molecular formula is C46H54O6S2. The number of rotatable bonds is 27. The van der Waals surface area contributed by atoms with E-state index in [2.05, 4.69) is 0 Å². The Morgan fingerprint density at radius 3 is 1.13 bits per heavy atom. The quantitative estimate of drug-likeness (QED) is 0.0338. The Morgan fingerprint density at radius 2 is 0.778 bits per heavy atom. The molecule has 0 unspecified atom stereocenters. The van der Waals surface area contributed by atoms with Crippen molar-refractivity contribution in [2.75, 3.05) is 50.4 Å². The third kappa shape index (κ3) is 16.7. The van der Waals surface area contributed by atoms with Crippen LogP contribution in [0, 0.1) is 0 Å². The molecule has 0 bridgehead atoms. The number of benzene rings is 4. The van der Waals surface area contributed by atoms with Gasteiger partial charge in [0.15, 0.2) is 11.6 Å². The first-order chi connectivity index (χ1) is 26.5. The maximum atomic E-state index is 12.4. The highest BCUT2D eigenvalue weighted by atomic mass is 32.2. The topological polar surface area (TPSA) is 71.1 Å². The van der Waals surface area contributed by atoms with Gasteiger partial charge in [-0.05, 0) is 120 Å². The molecule has 286 valence electrons. The summed E-state index contributed by atoms with van der Waals surface area (Å²) in [4.78, 5) is 24.8. The largest absolute Gasteiger partial charge is 0.497 e. The highest BCUT2D eigenvalue weighted by Crippen LogP contribution is 2.19. The van der Waals surface area contributed by atoms with Gasteiger partial charge in [-0.25, -0.2) is 0 Å². The van der Waals surface area contributed by atoms with Crippen LogP contribution in [-0.2, 0) is 0 Å². The third-order valence-corrected chi connectivity index (χ3v) is 10.7. The summed E-state index contributed by atoms with van der Waals surface area (Å²) in [7, 11) is 3.22. The summed E-state index contributed by atoms with van der Waals surface area (Å²) >= 11 is 3.93. The minimum absolute atomic E-state index is 0.0380. The van der Waals surface area contributed by atoms with Crippen molar-refractivity contribution in [3.05, 3.63) is 131 Å². The molecule has 4 rings (SSSR count). The maximum Gasteiger partial charge on any atom is 0.185 e. The van der Waals surface area contributed by atoms with Gasteiger partial charge in [0.05, 0.1) is 27.4 Å². The SMILES string of the molecule is COc1ccc(C(=O)/C=C/c2ccc(OCCSCCCCCCCCCCSCCOc3ccc(/C=C/C(=O)c4ccc(OC)cc4)cc3)cc2)cc1. The van der Waals surface area contributed by atoms with Crippen LogP contribution in [0.4, 0.5) is 0 Å². The molecule has 0 aliphatic carbocycles. The molecular weight excluding hydrogens is 713 g/mol. The Balaban J connectivity index is 0.901. The average Bonchev–Trinajstić information content (AvgIpc) is 3.22. The highest BCUT2D eigenvalue weighted by Gasteiger charge is 2.04. The van der Waals surface area contributed by atoms with Crippen LogP contribution in [0.15, 0.2) is 109 Å². The third-order valence-electron chi connectivity index (χ3n) is 8.68. The number of ether oxygens (including phenoxy) is 4. The molecule has 4 aromatic rings. The van der Waals surface area contributed by atoms with Gasteiger partial charge >= 0.3 is 0 Å². The van der Waals surface area contributed by atoms with Crippen LogP contribution >= 0.6 is 23.5 Å². The van der Waals surface area contributed by atoms with Crippen molar-refractivity contribution in [1.82, 2.24) is 0 Å². The number of hydrogen-bond donors (Lipinski definition) is 0. The van der Waals surface area contributed by atoms with Gasteiger partial charge in [-0.1, -0.05) is 74.9 Å². The predicted octanol–water partition coefficient (Wildman–Crippen LogP) is 11.5. The van der Waals surface area contributed by atoms with Crippen molar-refractivity contribution >= 4 is 47.2 Å². The molecule has 0 aliphatic rings. The van der Waals surface area contributed by atoms with Gasteiger partial charge in [-0.3, -0.25) is 9.59 Å². The normalized spacial score (nSPS) is 11.2. The van der Waals surface area contributed by atoms with Crippen LogP contribution < -0.4 is 18.9 Å². The molecule has 0 saturated heterocycles. The summed E-state index contributed by atoms with van der Waals surface area (Å²) in [5.74, 6) is 7.46. The molecule has 0 spiro atoms. The molecule has 4 aromatic carbocycles. The number of carbonyl (C=O) groups is 2. The zero-order chi connectivity index (χ0) is 38.1. The zero-order valence-corrected chi connectivity index (χ0v) is 33.3. The fourth-order valence-electron chi connectivity index (χ4n) is 5.51. The van der Waals surface area contributed by atoms with E-state index in [1.807, 2.05) is 84.2 Å². The Bertz CT molecular complexity index is 1570. The molecule has 0 aliphatic heterocycles. The van der Waals surface area contributed by atoms with Crippen molar-refractivity contribution in [2.24, 2.45) is 0 Å². The second-order valence-electron chi connectivity index (χ2n) is 12.7. The molecule has 0 saturated carbocycles. The number of allylic oxidation sites excluding steroid dienone is 2. The van der Waals surface area contributed by atoms with Crippen molar-refractivity contribution in [3.8, 4) is 23.0 Å². The lowest BCUT2D eigenvalue weighted by Crippen LogP contribution is -2.00. The molecule has 0 radical (unpaired) electrons. The van der Waals surface area contributed by atoms with E-state index >= 15 is 0 Å². The summed E-state index contributed by atoms with van der Waals surface area (Å²) in [5, 5.41) is 0. The van der Waals surface area contributed by atoms with Crippen LogP contribution in [0.2, 0.25) is 0 Å². The number of methoxy groups -OCH3 is 2. The minimum atomic E-state index is -0.0380. The molecule has 0 heterocycles. The Morgan fingerprint density at radius 1 is 0.444 bits per heavy atom. The summed E-state index contributed by atoms with van der Waals surface area (Å²) in [5.41, 5.74) is 3.19. The van der Waals surface area contributed by atoms with Gasteiger partial charge in [0, 0.05) is 22.6 Å². The molecule has 6 nitrogen and oxygen atoms in total. The molecule has 0 aromatic heterocycles. The first-order valence-corrected chi connectivity index (χ1v) is 21.2. The van der Waals surface area contributed by atoms with Gasteiger partial charge in [0.2, 0.25) is 0 Å². The monoisotopic (exact) mass is 766 g/mol. The van der Waals surface area contributed by atoms with Gasteiger partial charge in [-0.15, -0.1) is 0 Å². The van der Waals surface area contributed by atoms with Crippen LogP contribution in [0.1, 0.15) is 83.2 Å². The Labute approximate surface area is 330 Å². The van der Waals surface area contributed by atoms with E-state index < -0.39 is 0 Å². The Kier molecular flexibility index (Phi) is 20.1. The van der Waals surface area contributed by atoms with Gasteiger partial charge in [-0.2, -0.15) is 23.5 Å². The van der Waals surface area contributed by atoms with E-state index in [0.717, 1.165) is 45.6 Å². The van der Waals surface area contributed by atoms with E-state index in [1.54, 1.807) is 74.9 Å². The van der Waals surface area contributed by atoms with Crippen LogP contribution in [0.3, 0.4) is 0 Å². The summed E-state index contributed by atoms with van der Waals surface area (Å²) in [6.45, 7) is 1.40. The molecule has 0 N–H and O–H groups in total. The second-order valence-corrected chi connectivity index (χ2v) is 15.2. The van der Waals surface area contributed by atoms with Crippen LogP contribution in [0.25, 0.3) is 12.2 Å². The smallest absolute Gasteiger partial charge is 0.185 e. The second kappa shape index (κ2) is 25.6. The fourth-order valence-corrected chi connectivity index (χ4v) is 7.13. The van der Waals surface area contributed by atoms with E-state index in [0.29, 0.717) is 24.3 Å². The van der Waals surface area contributed by atoms with Crippen molar-refractivity contribution in [2.45, 2.75) is 51.4 Å². The first-order valence-electron chi connectivity index (χ1n) is 18.9. The lowest BCUT2D eigenvalue weighted by atomic mass is 10.1. The lowest BCUT2D eigenvalue weighted by Gasteiger charge is -2.07. The molecule has 54 heavy (non-hydrogen) atoms. The number of ketones is 2. The van der Waals surface area contributed by atoms with Crippen LogP contribution in [-0.4, -0.2) is 62.0 Å². The van der Waals surface area contributed by atoms with E-state index in [9.17, 15) is 9.59 Å². The average molecular weight is 767 g/mol. The molecule has 0 atom stereocenters. The van der Waals surface area contributed by atoms with Crippen molar-refractivity contribution in [3.63, 3.8) is 0 Å². The van der Waals surface area contributed by atoms with Gasteiger partial charge in [0.1, 0.15) is 23.0 Å². The van der Waals surface area contributed by atoms with E-state index in [1.165, 1.54) is 62.9 Å². The summed E-state index contributed by atoms with van der Waals surface area (Å²) in [6.07, 6.45) is 17.3. The predicted molar refractivity (Wildman–Crippen MR) is 228 cm³/mol. The van der Waals surface area contributed by atoms with Crippen molar-refractivity contribution < 1.29 is 28.5 Å². The minimum Gasteiger partial charge on any atom is -0.497 e. The Hall–Kier alpha value is -4.40. The van der Waals surface area contributed by atoms with Gasteiger partial charge in [0.25, 0.3) is 0 Å². The van der Waals surface area contributed by atoms with Gasteiger partial charge < -0.3 is 18.9 Å². The summed E-state index contributed by atoms with van der Waals surface area (Å²) < 4.78 is 22.1. The fraction of sp³-hybridized carbons (Fsp3) is 0.348. The maximum absolute atomic E-state index is 12.4. The standard InChI is InChI=1S/C46H54O6S2/c1-49-41-25-17-39(18-26-41)45(47)29-15-37-11-21-43(22-12-37)51-31-35-53-33-9-7-5-3-4-6-8-10-34-54-36-32-52-44-23-13-38(14-24-44)16-30-46(48)40-19-27-42(50-2)28-20-40/h11-30H,3-10,31-36H2,1-2H3/b29-15+,30-16+. The number of unbranched alkanes of at least 4 members (excludes halogenated alkanes) is 7.